The number of rotatable bonds is 3. The Morgan fingerprint density at radius 3 is 2.83 bits per heavy atom. The van der Waals surface area contributed by atoms with Crippen LogP contribution in [0.15, 0.2) is 42.6 Å². The van der Waals surface area contributed by atoms with Crippen molar-refractivity contribution < 1.29 is 4.79 Å². The Morgan fingerprint density at radius 1 is 1.33 bits per heavy atom. The number of pyridine rings is 1. The highest BCUT2D eigenvalue weighted by Crippen LogP contribution is 2.14. The topological polar surface area (TPSA) is 68.0 Å². The Labute approximate surface area is 119 Å². The largest absolute Gasteiger partial charge is 0.399 e. The summed E-state index contributed by atoms with van der Waals surface area (Å²) in [6.07, 6.45) is 1.70. The number of anilines is 1. The van der Waals surface area contributed by atoms with Gasteiger partial charge in [-0.3, -0.25) is 9.78 Å². The molecule has 0 fully saturated rings. The quantitative estimate of drug-likeness (QED) is 0.657. The number of amides is 1. The van der Waals surface area contributed by atoms with Gasteiger partial charge in [0.15, 0.2) is 0 Å². The third kappa shape index (κ3) is 3.43. The van der Waals surface area contributed by atoms with Crippen molar-refractivity contribution in [3.05, 3.63) is 57.4 Å². The van der Waals surface area contributed by atoms with Gasteiger partial charge in [-0.05, 0) is 52.9 Å². The van der Waals surface area contributed by atoms with Gasteiger partial charge in [-0.1, -0.05) is 6.07 Å². The molecule has 18 heavy (non-hydrogen) atoms. The van der Waals surface area contributed by atoms with Crippen molar-refractivity contribution in [3.63, 3.8) is 0 Å². The average molecular weight is 353 g/mol. The van der Waals surface area contributed by atoms with E-state index in [1.54, 1.807) is 18.3 Å². The maximum Gasteiger partial charge on any atom is 0.251 e. The molecule has 2 rings (SSSR count). The summed E-state index contributed by atoms with van der Waals surface area (Å²) in [6, 6.07) is 10.9. The Morgan fingerprint density at radius 2 is 2.17 bits per heavy atom. The summed E-state index contributed by atoms with van der Waals surface area (Å²) in [6.45, 7) is 0.408. The van der Waals surface area contributed by atoms with Crippen LogP contribution in [0.3, 0.4) is 0 Å². The van der Waals surface area contributed by atoms with Crippen LogP contribution in [0.2, 0.25) is 0 Å². The van der Waals surface area contributed by atoms with Crippen LogP contribution in [0.1, 0.15) is 16.1 Å². The lowest BCUT2D eigenvalue weighted by molar-refractivity contribution is 0.0950. The Kier molecular flexibility index (Phi) is 4.14. The summed E-state index contributed by atoms with van der Waals surface area (Å²) >= 11 is 2.13. The summed E-state index contributed by atoms with van der Waals surface area (Å²) in [5, 5.41) is 2.81. The molecule has 0 aliphatic rings. The average Bonchev–Trinajstić information content (AvgIpc) is 2.36. The van der Waals surface area contributed by atoms with E-state index in [2.05, 4.69) is 32.9 Å². The molecular weight excluding hydrogens is 341 g/mol. The Hall–Kier alpha value is -1.63. The highest BCUT2D eigenvalue weighted by Gasteiger charge is 2.07. The van der Waals surface area contributed by atoms with E-state index in [9.17, 15) is 4.79 Å². The van der Waals surface area contributed by atoms with Crippen molar-refractivity contribution in [2.75, 3.05) is 5.73 Å². The zero-order valence-electron chi connectivity index (χ0n) is 9.56. The highest BCUT2D eigenvalue weighted by atomic mass is 127. The number of carbonyl (C=O) groups is 1. The molecule has 92 valence electrons. The summed E-state index contributed by atoms with van der Waals surface area (Å²) < 4.78 is 0.940. The van der Waals surface area contributed by atoms with Gasteiger partial charge >= 0.3 is 0 Å². The number of nitrogens with two attached hydrogens (primary N) is 1. The van der Waals surface area contributed by atoms with E-state index < -0.39 is 0 Å². The van der Waals surface area contributed by atoms with E-state index in [1.165, 1.54) is 0 Å². The second kappa shape index (κ2) is 5.81. The normalized spacial score (nSPS) is 10.1. The Bertz CT molecular complexity index is 537. The van der Waals surface area contributed by atoms with Crippen LogP contribution in [-0.4, -0.2) is 10.9 Å². The predicted molar refractivity (Wildman–Crippen MR) is 79.0 cm³/mol. The van der Waals surface area contributed by atoms with E-state index in [0.29, 0.717) is 17.8 Å². The number of halogens is 1. The summed E-state index contributed by atoms with van der Waals surface area (Å²) in [5.74, 6) is -0.147. The third-order valence-corrected chi connectivity index (χ3v) is 2.96. The number of hydrogen-bond acceptors (Lipinski definition) is 3. The number of aromatic nitrogens is 1. The van der Waals surface area contributed by atoms with Crippen molar-refractivity contribution in [1.82, 2.24) is 10.3 Å². The van der Waals surface area contributed by atoms with Gasteiger partial charge in [0.05, 0.1) is 12.2 Å². The van der Waals surface area contributed by atoms with Gasteiger partial charge in [0, 0.05) is 21.0 Å². The molecule has 0 saturated carbocycles. The summed E-state index contributed by atoms with van der Waals surface area (Å²) in [5.41, 5.74) is 7.68. The molecule has 0 aliphatic carbocycles. The minimum atomic E-state index is -0.147. The molecule has 0 spiro atoms. The van der Waals surface area contributed by atoms with Crippen LogP contribution in [-0.2, 0) is 6.54 Å². The lowest BCUT2D eigenvalue weighted by Crippen LogP contribution is -2.23. The first kappa shape index (κ1) is 12.8. The molecule has 5 heteroatoms. The van der Waals surface area contributed by atoms with Crippen LogP contribution < -0.4 is 11.1 Å². The van der Waals surface area contributed by atoms with Crippen LogP contribution >= 0.6 is 22.6 Å². The zero-order valence-corrected chi connectivity index (χ0v) is 11.7. The van der Waals surface area contributed by atoms with Gasteiger partial charge in [-0.25, -0.2) is 0 Å². The van der Waals surface area contributed by atoms with Gasteiger partial charge < -0.3 is 11.1 Å². The minimum absolute atomic E-state index is 0.147. The molecule has 0 atom stereocenters. The monoisotopic (exact) mass is 353 g/mol. The smallest absolute Gasteiger partial charge is 0.251 e. The van der Waals surface area contributed by atoms with E-state index in [-0.39, 0.29) is 5.91 Å². The molecule has 2 aromatic rings. The standard InChI is InChI=1S/C13H12IN3O/c14-10-5-9(6-11(15)7-10)13(18)17-8-12-3-1-2-4-16-12/h1-7H,8,15H2,(H,17,18). The van der Waals surface area contributed by atoms with Crippen molar-refractivity contribution >= 4 is 34.2 Å². The van der Waals surface area contributed by atoms with Crippen LogP contribution in [0.4, 0.5) is 5.69 Å². The minimum Gasteiger partial charge on any atom is -0.399 e. The van der Waals surface area contributed by atoms with Gasteiger partial charge in [-0.2, -0.15) is 0 Å². The van der Waals surface area contributed by atoms with E-state index in [4.69, 9.17) is 5.73 Å². The lowest BCUT2D eigenvalue weighted by atomic mass is 10.2. The second-order valence-electron chi connectivity index (χ2n) is 3.78. The number of hydrogen-bond donors (Lipinski definition) is 2. The molecule has 0 bridgehead atoms. The van der Waals surface area contributed by atoms with Gasteiger partial charge in [-0.15, -0.1) is 0 Å². The highest BCUT2D eigenvalue weighted by molar-refractivity contribution is 14.1. The Balaban J connectivity index is 2.04. The molecule has 1 heterocycles. The SMILES string of the molecule is Nc1cc(I)cc(C(=O)NCc2ccccn2)c1. The van der Waals surface area contributed by atoms with E-state index in [1.807, 2.05) is 24.3 Å². The second-order valence-corrected chi connectivity index (χ2v) is 5.02. The molecule has 0 saturated heterocycles. The van der Waals surface area contributed by atoms with Crippen molar-refractivity contribution in [2.24, 2.45) is 0 Å². The molecule has 0 radical (unpaired) electrons. The first-order chi connectivity index (χ1) is 8.65. The maximum absolute atomic E-state index is 11.9. The molecule has 1 amide bonds. The molecule has 1 aromatic carbocycles. The van der Waals surface area contributed by atoms with E-state index in [0.717, 1.165) is 9.26 Å². The van der Waals surface area contributed by atoms with Gasteiger partial charge in [0.2, 0.25) is 0 Å². The number of nitrogen functional groups attached to an aromatic ring is 1. The van der Waals surface area contributed by atoms with Crippen molar-refractivity contribution in [3.8, 4) is 0 Å². The molecule has 1 aromatic heterocycles. The van der Waals surface area contributed by atoms with E-state index >= 15 is 0 Å². The van der Waals surface area contributed by atoms with Crippen molar-refractivity contribution in [2.45, 2.75) is 6.54 Å². The number of nitrogens with one attached hydrogen (secondary N) is 1. The van der Waals surface area contributed by atoms with Crippen LogP contribution in [0, 0.1) is 3.57 Å². The third-order valence-electron chi connectivity index (χ3n) is 2.34. The lowest BCUT2D eigenvalue weighted by Gasteiger charge is -2.06. The van der Waals surface area contributed by atoms with Crippen molar-refractivity contribution in [1.29, 1.82) is 0 Å². The summed E-state index contributed by atoms with van der Waals surface area (Å²) in [7, 11) is 0. The fourth-order valence-electron chi connectivity index (χ4n) is 1.52. The van der Waals surface area contributed by atoms with Crippen LogP contribution in [0.5, 0.6) is 0 Å². The predicted octanol–water partition coefficient (Wildman–Crippen LogP) is 2.20. The fraction of sp³-hybridized carbons (Fsp3) is 0.0769. The zero-order chi connectivity index (χ0) is 13.0. The van der Waals surface area contributed by atoms with Crippen LogP contribution in [0.25, 0.3) is 0 Å². The maximum atomic E-state index is 11.9. The molecule has 4 nitrogen and oxygen atoms in total. The molecule has 0 aliphatic heterocycles. The number of nitrogens with zero attached hydrogens (tertiary/aromatic N) is 1. The first-order valence-corrected chi connectivity index (χ1v) is 6.47. The van der Waals surface area contributed by atoms with Gasteiger partial charge in [0.25, 0.3) is 5.91 Å². The molecular formula is C13H12IN3O. The molecule has 0 unspecified atom stereocenters. The molecule has 3 N–H and O–H groups in total. The number of carbonyl (C=O) groups excluding carboxylic acids is 1. The fourth-order valence-corrected chi connectivity index (χ4v) is 2.21. The summed E-state index contributed by atoms with van der Waals surface area (Å²) in [4.78, 5) is 16.1. The van der Waals surface area contributed by atoms with Gasteiger partial charge in [0.1, 0.15) is 0 Å². The first-order valence-electron chi connectivity index (χ1n) is 5.39. The number of benzene rings is 1.